The Labute approximate surface area is 162 Å². The molecule has 9 heteroatoms. The summed E-state index contributed by atoms with van der Waals surface area (Å²) >= 11 is 1.33. The number of benzene rings is 1. The van der Waals surface area contributed by atoms with Gasteiger partial charge in [-0.3, -0.25) is 9.59 Å². The average Bonchev–Trinajstić information content (AvgIpc) is 3.33. The molecule has 0 saturated carbocycles. The number of hydrogen-bond acceptors (Lipinski definition) is 6. The van der Waals surface area contributed by atoms with Crippen LogP contribution < -0.4 is 10.9 Å². The van der Waals surface area contributed by atoms with Crippen molar-refractivity contribution in [2.24, 2.45) is 0 Å². The van der Waals surface area contributed by atoms with Crippen molar-refractivity contribution in [3.8, 4) is 11.3 Å². The highest BCUT2D eigenvalue weighted by Gasteiger charge is 2.18. The van der Waals surface area contributed by atoms with Crippen LogP contribution >= 0.6 is 11.3 Å². The molecular formula is C19H15FN4O3S. The molecule has 7 nitrogen and oxygen atoms in total. The topological polar surface area (TPSA) is 90.0 Å². The Morgan fingerprint density at radius 2 is 2.07 bits per heavy atom. The second kappa shape index (κ2) is 7.35. The Balaban J connectivity index is 1.70. The lowest BCUT2D eigenvalue weighted by molar-refractivity contribution is -0.122. The number of hydrogen-bond donors (Lipinski definition) is 1. The number of rotatable bonds is 5. The number of furan rings is 1. The van der Waals surface area contributed by atoms with E-state index in [0.29, 0.717) is 26.7 Å². The molecule has 4 aromatic rings. The van der Waals surface area contributed by atoms with E-state index < -0.39 is 5.56 Å². The number of thiazole rings is 1. The van der Waals surface area contributed by atoms with Gasteiger partial charge in [-0.15, -0.1) is 11.3 Å². The second-order valence-corrected chi connectivity index (χ2v) is 7.29. The van der Waals surface area contributed by atoms with Gasteiger partial charge < -0.3 is 9.73 Å². The van der Waals surface area contributed by atoms with Crippen LogP contribution in [0.5, 0.6) is 0 Å². The molecule has 0 aliphatic carbocycles. The predicted octanol–water partition coefficient (Wildman–Crippen LogP) is 2.88. The minimum absolute atomic E-state index is 0.212. The van der Waals surface area contributed by atoms with E-state index in [1.54, 1.807) is 31.2 Å². The van der Waals surface area contributed by atoms with E-state index in [4.69, 9.17) is 4.42 Å². The van der Waals surface area contributed by atoms with Crippen molar-refractivity contribution < 1.29 is 13.6 Å². The smallest absolute Gasteiger partial charge is 0.294 e. The molecule has 0 fully saturated rings. The quantitative estimate of drug-likeness (QED) is 0.558. The maximum absolute atomic E-state index is 13.3. The number of aryl methyl sites for hydroxylation is 1. The number of carbonyl (C=O) groups is 1. The third-order valence-electron chi connectivity index (χ3n) is 4.06. The molecule has 0 aliphatic heterocycles. The van der Waals surface area contributed by atoms with Crippen LogP contribution in [0.15, 0.2) is 51.9 Å². The zero-order valence-corrected chi connectivity index (χ0v) is 15.6. The number of fused-ring (bicyclic) bond motifs is 1. The van der Waals surface area contributed by atoms with Crippen LogP contribution in [-0.4, -0.2) is 20.7 Å². The fourth-order valence-corrected chi connectivity index (χ4v) is 3.68. The maximum Gasteiger partial charge on any atom is 0.294 e. The first-order chi connectivity index (χ1) is 13.5. The number of nitrogens with one attached hydrogen (secondary N) is 1. The highest BCUT2D eigenvalue weighted by Crippen LogP contribution is 2.29. The summed E-state index contributed by atoms with van der Waals surface area (Å²) in [7, 11) is 0. The fraction of sp³-hybridized carbons (Fsp3) is 0.158. The van der Waals surface area contributed by atoms with Crippen molar-refractivity contribution in [1.29, 1.82) is 0 Å². The number of nitrogens with zero attached hydrogens (tertiary/aromatic N) is 3. The molecule has 3 aromatic heterocycles. The van der Waals surface area contributed by atoms with Gasteiger partial charge in [0, 0.05) is 5.56 Å². The summed E-state index contributed by atoms with van der Waals surface area (Å²) in [5.74, 6) is -0.153. The fourth-order valence-electron chi connectivity index (χ4n) is 2.76. The minimum Gasteiger partial charge on any atom is -0.467 e. The van der Waals surface area contributed by atoms with Crippen LogP contribution in [0.2, 0.25) is 0 Å². The van der Waals surface area contributed by atoms with Crippen molar-refractivity contribution in [2.45, 2.75) is 20.0 Å². The normalized spacial score (nSPS) is 11.1. The first-order valence-electron chi connectivity index (χ1n) is 8.44. The zero-order chi connectivity index (χ0) is 19.7. The molecule has 1 N–H and O–H groups in total. The molecule has 0 aliphatic rings. The van der Waals surface area contributed by atoms with E-state index in [1.165, 1.54) is 29.7 Å². The molecular weight excluding hydrogens is 383 g/mol. The summed E-state index contributed by atoms with van der Waals surface area (Å²) in [5.41, 5.74) is 0.924. The van der Waals surface area contributed by atoms with Crippen LogP contribution in [0, 0.1) is 12.7 Å². The third kappa shape index (κ3) is 3.56. The summed E-state index contributed by atoms with van der Waals surface area (Å²) in [6.07, 6.45) is 1.51. The van der Waals surface area contributed by atoms with Crippen molar-refractivity contribution in [2.75, 3.05) is 0 Å². The molecule has 0 spiro atoms. The van der Waals surface area contributed by atoms with Gasteiger partial charge >= 0.3 is 0 Å². The SMILES string of the molecule is Cc1nc2c(=O)n(CC(=O)NCc3ccco3)nc(-c3ccc(F)cc3)c2s1. The standard InChI is InChI=1S/C19H15FN4O3S/c1-11-22-17-18(28-11)16(12-4-6-13(20)7-5-12)23-24(19(17)26)10-15(25)21-9-14-3-2-8-27-14/h2-8H,9-10H2,1H3,(H,21,25). The lowest BCUT2D eigenvalue weighted by atomic mass is 10.1. The van der Waals surface area contributed by atoms with Crippen molar-refractivity contribution in [3.05, 3.63) is 69.6 Å². The molecule has 0 unspecified atom stereocenters. The van der Waals surface area contributed by atoms with Gasteiger partial charge in [0.25, 0.3) is 5.56 Å². The summed E-state index contributed by atoms with van der Waals surface area (Å²) in [6, 6.07) is 9.27. The first-order valence-corrected chi connectivity index (χ1v) is 9.26. The largest absolute Gasteiger partial charge is 0.467 e. The third-order valence-corrected chi connectivity index (χ3v) is 5.04. The summed E-state index contributed by atoms with van der Waals surface area (Å²) in [5, 5.41) is 7.75. The van der Waals surface area contributed by atoms with Crippen molar-refractivity contribution >= 4 is 27.5 Å². The molecule has 3 heterocycles. The lowest BCUT2D eigenvalue weighted by Gasteiger charge is -2.09. The number of carbonyl (C=O) groups excluding carboxylic acids is 1. The van der Waals surface area contributed by atoms with Gasteiger partial charge in [-0.2, -0.15) is 5.10 Å². The van der Waals surface area contributed by atoms with Gasteiger partial charge in [0.1, 0.15) is 23.8 Å². The maximum atomic E-state index is 13.3. The Bertz CT molecular complexity index is 1200. The molecule has 1 aromatic carbocycles. The molecule has 28 heavy (non-hydrogen) atoms. The van der Waals surface area contributed by atoms with Gasteiger partial charge in [-0.1, -0.05) is 0 Å². The van der Waals surface area contributed by atoms with E-state index in [-0.39, 0.29) is 30.3 Å². The Morgan fingerprint density at radius 1 is 1.29 bits per heavy atom. The van der Waals surface area contributed by atoms with Crippen molar-refractivity contribution in [1.82, 2.24) is 20.1 Å². The van der Waals surface area contributed by atoms with Crippen LogP contribution in [-0.2, 0) is 17.9 Å². The predicted molar refractivity (Wildman–Crippen MR) is 102 cm³/mol. The van der Waals surface area contributed by atoms with Crippen LogP contribution in [0.1, 0.15) is 10.8 Å². The molecule has 0 radical (unpaired) electrons. The van der Waals surface area contributed by atoms with E-state index in [1.807, 2.05) is 0 Å². The highest BCUT2D eigenvalue weighted by molar-refractivity contribution is 7.19. The highest BCUT2D eigenvalue weighted by atomic mass is 32.1. The first kappa shape index (κ1) is 18.1. The molecule has 0 atom stereocenters. The van der Waals surface area contributed by atoms with Crippen molar-refractivity contribution in [3.63, 3.8) is 0 Å². The Kier molecular flexibility index (Phi) is 4.74. The Morgan fingerprint density at radius 3 is 2.79 bits per heavy atom. The summed E-state index contributed by atoms with van der Waals surface area (Å²) < 4.78 is 20.2. The number of halogens is 1. The van der Waals surface area contributed by atoms with Gasteiger partial charge in [0.15, 0.2) is 5.52 Å². The average molecular weight is 398 g/mol. The van der Waals surface area contributed by atoms with Crippen LogP contribution in [0.25, 0.3) is 21.5 Å². The van der Waals surface area contributed by atoms with E-state index >= 15 is 0 Å². The number of amides is 1. The molecule has 0 bridgehead atoms. The Hall–Kier alpha value is -3.33. The van der Waals surface area contributed by atoms with E-state index in [0.717, 1.165) is 4.68 Å². The van der Waals surface area contributed by atoms with E-state index in [9.17, 15) is 14.0 Å². The summed E-state index contributed by atoms with van der Waals surface area (Å²) in [4.78, 5) is 29.3. The molecule has 4 rings (SSSR count). The molecule has 0 saturated heterocycles. The lowest BCUT2D eigenvalue weighted by Crippen LogP contribution is -2.33. The van der Waals surface area contributed by atoms with Gasteiger partial charge in [0.05, 0.1) is 22.5 Å². The van der Waals surface area contributed by atoms with E-state index in [2.05, 4.69) is 15.4 Å². The van der Waals surface area contributed by atoms with Gasteiger partial charge in [-0.25, -0.2) is 14.1 Å². The molecule has 1 amide bonds. The minimum atomic E-state index is -0.446. The zero-order valence-electron chi connectivity index (χ0n) is 14.8. The monoisotopic (exact) mass is 398 g/mol. The van der Waals surface area contributed by atoms with Crippen LogP contribution in [0.4, 0.5) is 4.39 Å². The van der Waals surface area contributed by atoms with Gasteiger partial charge in [-0.05, 0) is 43.3 Å². The number of aromatic nitrogens is 3. The van der Waals surface area contributed by atoms with Gasteiger partial charge in [0.2, 0.25) is 5.91 Å². The van der Waals surface area contributed by atoms with Crippen LogP contribution in [0.3, 0.4) is 0 Å². The summed E-state index contributed by atoms with van der Waals surface area (Å²) in [6.45, 7) is 1.74. The molecule has 142 valence electrons. The second-order valence-electron chi connectivity index (χ2n) is 6.09.